The molecule has 1 fully saturated rings. The van der Waals surface area contributed by atoms with Crippen molar-refractivity contribution in [3.05, 3.63) is 106 Å². The molecule has 7 heteroatoms. The number of amides is 2. The number of halogens is 2. The van der Waals surface area contributed by atoms with Crippen LogP contribution in [-0.2, 0) is 28.3 Å². The van der Waals surface area contributed by atoms with Crippen LogP contribution in [0.15, 0.2) is 78.9 Å². The summed E-state index contributed by atoms with van der Waals surface area (Å²) in [6, 6.07) is 24.6. The number of carbonyl (C=O) groups excluding carboxylic acids is 2. The van der Waals surface area contributed by atoms with Crippen LogP contribution in [0.1, 0.15) is 42.4 Å². The first-order valence-corrected chi connectivity index (χ1v) is 14.6. The molecule has 0 bridgehead atoms. The Bertz CT molecular complexity index is 1170. The van der Waals surface area contributed by atoms with Crippen molar-refractivity contribution >= 4 is 46.8 Å². The molecule has 2 amide bonds. The van der Waals surface area contributed by atoms with Gasteiger partial charge < -0.3 is 10.2 Å². The molecule has 4 nitrogen and oxygen atoms in total. The summed E-state index contributed by atoms with van der Waals surface area (Å²) < 4.78 is 0. The SMILES string of the molecule is O=C(NC1CCCC1)[C@@H](Cc1ccccc1)N(Cc1ccc(Cl)cc1)C(=O)CSCc1cccc(Cl)c1. The van der Waals surface area contributed by atoms with Gasteiger partial charge in [-0.15, -0.1) is 11.8 Å². The van der Waals surface area contributed by atoms with Gasteiger partial charge in [-0.25, -0.2) is 0 Å². The minimum absolute atomic E-state index is 0.0653. The van der Waals surface area contributed by atoms with Gasteiger partial charge in [0.2, 0.25) is 11.8 Å². The maximum Gasteiger partial charge on any atom is 0.243 e. The van der Waals surface area contributed by atoms with E-state index < -0.39 is 6.04 Å². The van der Waals surface area contributed by atoms with Crippen LogP contribution in [-0.4, -0.2) is 34.6 Å². The van der Waals surface area contributed by atoms with Crippen LogP contribution in [0.25, 0.3) is 0 Å². The third kappa shape index (κ3) is 8.53. The summed E-state index contributed by atoms with van der Waals surface area (Å²) in [7, 11) is 0. The number of rotatable bonds is 11. The Labute approximate surface area is 233 Å². The van der Waals surface area contributed by atoms with Gasteiger partial charge >= 0.3 is 0 Å². The van der Waals surface area contributed by atoms with E-state index in [1.165, 1.54) is 11.8 Å². The fourth-order valence-electron chi connectivity index (χ4n) is 4.67. The van der Waals surface area contributed by atoms with E-state index in [1.807, 2.05) is 78.9 Å². The number of hydrogen-bond acceptors (Lipinski definition) is 3. The summed E-state index contributed by atoms with van der Waals surface area (Å²) >= 11 is 13.8. The minimum Gasteiger partial charge on any atom is -0.352 e. The summed E-state index contributed by atoms with van der Waals surface area (Å²) in [5.74, 6) is 0.781. The van der Waals surface area contributed by atoms with Crippen LogP contribution in [0.5, 0.6) is 0 Å². The van der Waals surface area contributed by atoms with Gasteiger partial charge in [-0.1, -0.05) is 90.6 Å². The lowest BCUT2D eigenvalue weighted by Gasteiger charge is -2.32. The van der Waals surface area contributed by atoms with Gasteiger partial charge in [-0.05, 0) is 53.8 Å². The van der Waals surface area contributed by atoms with Crippen molar-refractivity contribution in [2.45, 2.75) is 56.5 Å². The summed E-state index contributed by atoms with van der Waals surface area (Å²) in [4.78, 5) is 29.1. The molecule has 1 N–H and O–H groups in total. The quantitative estimate of drug-likeness (QED) is 0.279. The van der Waals surface area contributed by atoms with Crippen LogP contribution in [0.4, 0.5) is 0 Å². The third-order valence-corrected chi connectivity index (χ3v) is 8.10. The van der Waals surface area contributed by atoms with E-state index in [1.54, 1.807) is 4.90 Å². The number of benzene rings is 3. The standard InChI is InChI=1S/C30H32Cl2N2O2S/c31-25-15-13-23(14-16-25)19-34(29(35)21-37-20-24-9-6-10-26(32)17-24)28(18-22-7-2-1-3-8-22)30(36)33-27-11-4-5-12-27/h1-3,6-10,13-17,27-28H,4-5,11-12,18-21H2,(H,33,36)/t28-/m1/s1. The lowest BCUT2D eigenvalue weighted by atomic mass is 10.0. The molecule has 1 aliphatic rings. The molecule has 0 spiro atoms. The van der Waals surface area contributed by atoms with E-state index >= 15 is 0 Å². The maximum absolute atomic E-state index is 13.7. The van der Waals surface area contributed by atoms with Crippen molar-refractivity contribution in [2.75, 3.05) is 5.75 Å². The number of nitrogens with one attached hydrogen (secondary N) is 1. The van der Waals surface area contributed by atoms with Crippen LogP contribution in [0.3, 0.4) is 0 Å². The van der Waals surface area contributed by atoms with E-state index in [-0.39, 0.29) is 23.6 Å². The molecule has 1 saturated carbocycles. The molecule has 0 aliphatic heterocycles. The van der Waals surface area contributed by atoms with Gasteiger partial charge in [0.05, 0.1) is 5.75 Å². The smallest absolute Gasteiger partial charge is 0.243 e. The summed E-state index contributed by atoms with van der Waals surface area (Å²) in [6.45, 7) is 0.337. The highest BCUT2D eigenvalue weighted by Crippen LogP contribution is 2.22. The maximum atomic E-state index is 13.7. The van der Waals surface area contributed by atoms with Gasteiger partial charge in [-0.3, -0.25) is 9.59 Å². The number of nitrogens with zero attached hydrogens (tertiary/aromatic N) is 1. The Morgan fingerprint density at radius 1 is 0.865 bits per heavy atom. The first kappa shape index (κ1) is 27.6. The van der Waals surface area contributed by atoms with E-state index in [9.17, 15) is 9.59 Å². The third-order valence-electron chi connectivity index (χ3n) is 6.62. The van der Waals surface area contributed by atoms with E-state index in [0.29, 0.717) is 28.8 Å². The van der Waals surface area contributed by atoms with Gasteiger partial charge in [0, 0.05) is 34.8 Å². The molecule has 3 aromatic carbocycles. The van der Waals surface area contributed by atoms with Crippen molar-refractivity contribution in [2.24, 2.45) is 0 Å². The van der Waals surface area contributed by atoms with Gasteiger partial charge in [0.25, 0.3) is 0 Å². The van der Waals surface area contributed by atoms with E-state index in [0.717, 1.165) is 42.4 Å². The Morgan fingerprint density at radius 3 is 2.27 bits per heavy atom. The molecule has 194 valence electrons. The van der Waals surface area contributed by atoms with Crippen molar-refractivity contribution < 1.29 is 9.59 Å². The second-order valence-corrected chi connectivity index (χ2v) is 11.3. The number of carbonyl (C=O) groups is 2. The molecule has 1 atom stereocenters. The number of hydrogen-bond donors (Lipinski definition) is 1. The first-order valence-electron chi connectivity index (χ1n) is 12.7. The van der Waals surface area contributed by atoms with Crippen molar-refractivity contribution in [1.29, 1.82) is 0 Å². The minimum atomic E-state index is -0.613. The van der Waals surface area contributed by atoms with Crippen LogP contribution in [0, 0.1) is 0 Å². The lowest BCUT2D eigenvalue weighted by Crippen LogP contribution is -2.52. The van der Waals surface area contributed by atoms with Crippen LogP contribution < -0.4 is 5.32 Å². The van der Waals surface area contributed by atoms with Gasteiger partial charge in [0.1, 0.15) is 6.04 Å². The molecule has 0 unspecified atom stereocenters. The number of thioether (sulfide) groups is 1. The molecule has 37 heavy (non-hydrogen) atoms. The molecular formula is C30H32Cl2N2O2S. The molecular weight excluding hydrogens is 523 g/mol. The monoisotopic (exact) mass is 554 g/mol. The van der Waals surface area contributed by atoms with Gasteiger partial charge in [0.15, 0.2) is 0 Å². The molecule has 4 rings (SSSR count). The molecule has 3 aromatic rings. The second kappa shape index (κ2) is 13.9. The Morgan fingerprint density at radius 2 is 1.57 bits per heavy atom. The normalized spacial score (nSPS) is 14.3. The zero-order chi connectivity index (χ0) is 26.0. The Hall–Kier alpha value is -2.47. The lowest BCUT2D eigenvalue weighted by molar-refractivity contribution is -0.139. The average Bonchev–Trinajstić information content (AvgIpc) is 3.41. The molecule has 0 saturated heterocycles. The molecule has 0 heterocycles. The van der Waals surface area contributed by atoms with E-state index in [4.69, 9.17) is 23.2 Å². The predicted molar refractivity (Wildman–Crippen MR) is 154 cm³/mol. The predicted octanol–water partition coefficient (Wildman–Crippen LogP) is 6.93. The Kier molecular flexibility index (Phi) is 10.4. The largest absolute Gasteiger partial charge is 0.352 e. The zero-order valence-electron chi connectivity index (χ0n) is 20.7. The fourth-order valence-corrected chi connectivity index (χ4v) is 5.87. The van der Waals surface area contributed by atoms with Gasteiger partial charge in [-0.2, -0.15) is 0 Å². The highest BCUT2D eigenvalue weighted by molar-refractivity contribution is 7.99. The zero-order valence-corrected chi connectivity index (χ0v) is 23.1. The fraction of sp³-hybridized carbons (Fsp3) is 0.333. The topological polar surface area (TPSA) is 49.4 Å². The highest BCUT2D eigenvalue weighted by Gasteiger charge is 2.32. The van der Waals surface area contributed by atoms with Crippen LogP contribution >= 0.6 is 35.0 Å². The molecule has 0 aromatic heterocycles. The van der Waals surface area contributed by atoms with Crippen molar-refractivity contribution in [3.63, 3.8) is 0 Å². The average molecular weight is 556 g/mol. The second-order valence-electron chi connectivity index (χ2n) is 9.47. The van der Waals surface area contributed by atoms with Crippen LogP contribution in [0.2, 0.25) is 10.0 Å². The molecule has 0 radical (unpaired) electrons. The Balaban J connectivity index is 1.56. The summed E-state index contributed by atoms with van der Waals surface area (Å²) in [6.07, 6.45) is 4.69. The summed E-state index contributed by atoms with van der Waals surface area (Å²) in [5, 5.41) is 4.56. The first-order chi connectivity index (χ1) is 18.0. The van der Waals surface area contributed by atoms with E-state index in [2.05, 4.69) is 5.32 Å². The van der Waals surface area contributed by atoms with Crippen molar-refractivity contribution in [1.82, 2.24) is 10.2 Å². The highest BCUT2D eigenvalue weighted by atomic mass is 35.5. The molecule has 1 aliphatic carbocycles. The summed E-state index contributed by atoms with van der Waals surface area (Å²) in [5.41, 5.74) is 3.02. The van der Waals surface area contributed by atoms with Crippen molar-refractivity contribution in [3.8, 4) is 0 Å².